The fourth-order valence-corrected chi connectivity index (χ4v) is 4.16. The number of esters is 1. The Hall–Kier alpha value is -1.84. The molecule has 4 nitrogen and oxygen atoms in total. The number of aromatic amines is 1. The minimum atomic E-state index is -0.267. The zero-order valence-electron chi connectivity index (χ0n) is 20.2. The van der Waals surface area contributed by atoms with Crippen molar-refractivity contribution in [2.24, 2.45) is 5.92 Å². The van der Waals surface area contributed by atoms with Crippen molar-refractivity contribution in [2.75, 3.05) is 6.61 Å². The fourth-order valence-electron chi connectivity index (χ4n) is 4.16. The molecule has 0 aliphatic heterocycles. The first-order valence-electron chi connectivity index (χ1n) is 12.7. The summed E-state index contributed by atoms with van der Waals surface area (Å²) in [6, 6.07) is 5.59. The second-order valence-corrected chi connectivity index (χ2v) is 9.44. The molecule has 1 N–H and O–H groups in total. The van der Waals surface area contributed by atoms with E-state index in [4.69, 9.17) is 4.74 Å². The molecule has 0 aliphatic rings. The molecule has 0 spiro atoms. The molecule has 31 heavy (non-hydrogen) atoms. The SMILES string of the molecule is Cc1nc2c(C(=O)OCCCCCCCCCCCCCCCC(C)C)cccc2[nH]1. The summed E-state index contributed by atoms with van der Waals surface area (Å²) in [4.78, 5) is 19.9. The third-order valence-corrected chi connectivity index (χ3v) is 6.01. The van der Waals surface area contributed by atoms with Gasteiger partial charge in [0.2, 0.25) is 0 Å². The lowest BCUT2D eigenvalue weighted by Crippen LogP contribution is -2.07. The van der Waals surface area contributed by atoms with E-state index in [1.165, 1.54) is 77.0 Å². The maximum Gasteiger partial charge on any atom is 0.340 e. The fraction of sp³-hybridized carbons (Fsp3) is 0.704. The minimum Gasteiger partial charge on any atom is -0.462 e. The van der Waals surface area contributed by atoms with Crippen LogP contribution >= 0.6 is 0 Å². The number of aromatic nitrogens is 2. The molecule has 0 saturated carbocycles. The van der Waals surface area contributed by atoms with E-state index >= 15 is 0 Å². The zero-order chi connectivity index (χ0) is 22.3. The Morgan fingerprint density at radius 2 is 1.42 bits per heavy atom. The highest BCUT2D eigenvalue weighted by Crippen LogP contribution is 2.18. The van der Waals surface area contributed by atoms with Crippen LogP contribution in [-0.2, 0) is 4.74 Å². The summed E-state index contributed by atoms with van der Waals surface area (Å²) in [6.07, 6.45) is 18.6. The number of carbonyl (C=O) groups is 1. The molecule has 0 atom stereocenters. The van der Waals surface area contributed by atoms with Crippen LogP contribution in [0.3, 0.4) is 0 Å². The van der Waals surface area contributed by atoms with Crippen LogP contribution in [0.1, 0.15) is 120 Å². The Balaban J connectivity index is 1.39. The van der Waals surface area contributed by atoms with Gasteiger partial charge in [-0.3, -0.25) is 0 Å². The summed E-state index contributed by atoms with van der Waals surface area (Å²) in [6.45, 7) is 7.03. The molecule has 0 amide bonds. The van der Waals surface area contributed by atoms with E-state index < -0.39 is 0 Å². The number of para-hydroxylation sites is 1. The van der Waals surface area contributed by atoms with Gasteiger partial charge in [-0.05, 0) is 31.4 Å². The van der Waals surface area contributed by atoms with E-state index in [0.29, 0.717) is 17.7 Å². The largest absolute Gasteiger partial charge is 0.462 e. The highest BCUT2D eigenvalue weighted by atomic mass is 16.5. The molecule has 0 saturated heterocycles. The maximum absolute atomic E-state index is 12.4. The second kappa shape index (κ2) is 15.0. The molecular weight excluding hydrogens is 384 g/mol. The number of unbranched alkanes of at least 4 members (excludes halogenated alkanes) is 12. The maximum atomic E-state index is 12.4. The number of nitrogens with one attached hydrogen (secondary N) is 1. The molecule has 0 bridgehead atoms. The summed E-state index contributed by atoms with van der Waals surface area (Å²) in [5.74, 6) is 1.41. The highest BCUT2D eigenvalue weighted by molar-refractivity contribution is 6.01. The summed E-state index contributed by atoms with van der Waals surface area (Å²) in [5.41, 5.74) is 2.14. The van der Waals surface area contributed by atoms with Crippen LogP contribution in [0.4, 0.5) is 0 Å². The van der Waals surface area contributed by atoms with Crippen molar-refractivity contribution in [3.05, 3.63) is 29.6 Å². The number of aryl methyl sites for hydroxylation is 1. The molecule has 2 rings (SSSR count). The van der Waals surface area contributed by atoms with Crippen LogP contribution in [0.2, 0.25) is 0 Å². The number of imidazole rings is 1. The number of carbonyl (C=O) groups excluding carboxylic acids is 1. The number of nitrogens with zero attached hydrogens (tertiary/aromatic N) is 1. The number of hydrogen-bond acceptors (Lipinski definition) is 3. The van der Waals surface area contributed by atoms with Crippen LogP contribution in [0.15, 0.2) is 18.2 Å². The van der Waals surface area contributed by atoms with Gasteiger partial charge in [0.25, 0.3) is 0 Å². The highest BCUT2D eigenvalue weighted by Gasteiger charge is 2.13. The smallest absolute Gasteiger partial charge is 0.340 e. The normalized spacial score (nSPS) is 11.5. The minimum absolute atomic E-state index is 0.267. The summed E-state index contributed by atoms with van der Waals surface area (Å²) < 4.78 is 5.47. The van der Waals surface area contributed by atoms with Gasteiger partial charge in [0.15, 0.2) is 0 Å². The predicted molar refractivity (Wildman–Crippen MR) is 131 cm³/mol. The van der Waals surface area contributed by atoms with Gasteiger partial charge in [-0.2, -0.15) is 0 Å². The number of hydrogen-bond donors (Lipinski definition) is 1. The van der Waals surface area contributed by atoms with Gasteiger partial charge in [-0.25, -0.2) is 9.78 Å². The first-order valence-corrected chi connectivity index (χ1v) is 12.7. The quantitative estimate of drug-likeness (QED) is 0.204. The van der Waals surface area contributed by atoms with Crippen LogP contribution in [0.5, 0.6) is 0 Å². The lowest BCUT2D eigenvalue weighted by molar-refractivity contribution is 0.0500. The summed E-state index contributed by atoms with van der Waals surface area (Å²) >= 11 is 0. The molecule has 1 heterocycles. The van der Waals surface area contributed by atoms with Crippen molar-refractivity contribution < 1.29 is 9.53 Å². The molecule has 0 unspecified atom stereocenters. The number of fused-ring (bicyclic) bond motifs is 1. The monoisotopic (exact) mass is 428 g/mol. The van der Waals surface area contributed by atoms with E-state index in [1.807, 2.05) is 19.1 Å². The molecule has 0 fully saturated rings. The van der Waals surface area contributed by atoms with Crippen molar-refractivity contribution in [1.82, 2.24) is 9.97 Å². The summed E-state index contributed by atoms with van der Waals surface area (Å²) in [7, 11) is 0. The number of ether oxygens (including phenoxy) is 1. The number of rotatable bonds is 17. The van der Waals surface area contributed by atoms with E-state index in [9.17, 15) is 4.79 Å². The van der Waals surface area contributed by atoms with Crippen LogP contribution in [0, 0.1) is 12.8 Å². The van der Waals surface area contributed by atoms with Gasteiger partial charge >= 0.3 is 5.97 Å². The van der Waals surface area contributed by atoms with Crippen LogP contribution in [-0.4, -0.2) is 22.5 Å². The molecule has 0 aliphatic carbocycles. The van der Waals surface area contributed by atoms with E-state index in [-0.39, 0.29) is 5.97 Å². The van der Waals surface area contributed by atoms with Gasteiger partial charge < -0.3 is 9.72 Å². The van der Waals surface area contributed by atoms with Gasteiger partial charge in [0.05, 0.1) is 17.7 Å². The molecule has 174 valence electrons. The van der Waals surface area contributed by atoms with Crippen molar-refractivity contribution in [3.8, 4) is 0 Å². The Bertz CT molecular complexity index is 751. The first-order chi connectivity index (χ1) is 15.1. The van der Waals surface area contributed by atoms with Crippen molar-refractivity contribution in [3.63, 3.8) is 0 Å². The van der Waals surface area contributed by atoms with Crippen molar-refractivity contribution in [2.45, 2.75) is 111 Å². The van der Waals surface area contributed by atoms with Crippen LogP contribution in [0.25, 0.3) is 11.0 Å². The average molecular weight is 429 g/mol. The lowest BCUT2D eigenvalue weighted by Gasteiger charge is -2.06. The van der Waals surface area contributed by atoms with Gasteiger partial charge in [0, 0.05) is 0 Å². The first kappa shape index (κ1) is 25.4. The molecule has 4 heteroatoms. The second-order valence-electron chi connectivity index (χ2n) is 9.44. The van der Waals surface area contributed by atoms with E-state index in [1.54, 1.807) is 6.07 Å². The zero-order valence-corrected chi connectivity index (χ0v) is 20.2. The van der Waals surface area contributed by atoms with E-state index in [2.05, 4.69) is 23.8 Å². The predicted octanol–water partition coefficient (Wildman–Crippen LogP) is 8.15. The lowest BCUT2D eigenvalue weighted by atomic mass is 10.0. The van der Waals surface area contributed by atoms with Gasteiger partial charge in [-0.1, -0.05) is 103 Å². The van der Waals surface area contributed by atoms with Crippen molar-refractivity contribution >= 4 is 17.0 Å². The standard InChI is InChI=1S/C27H44N2O2/c1-22(2)18-15-13-11-9-7-5-4-6-8-10-12-14-16-21-31-27(30)24-19-17-20-25-26(24)29-23(3)28-25/h17,19-20,22H,4-16,18,21H2,1-3H3,(H,28,29). The van der Waals surface area contributed by atoms with Gasteiger partial charge in [0.1, 0.15) is 11.3 Å². The molecule has 2 aromatic rings. The average Bonchev–Trinajstić information content (AvgIpc) is 3.13. The topological polar surface area (TPSA) is 55.0 Å². The molecule has 1 aromatic carbocycles. The Morgan fingerprint density at radius 1 is 0.871 bits per heavy atom. The van der Waals surface area contributed by atoms with Crippen molar-refractivity contribution in [1.29, 1.82) is 0 Å². The Kier molecular flexibility index (Phi) is 12.3. The molecular formula is C27H44N2O2. The Labute approximate surface area is 189 Å². The molecule has 1 aromatic heterocycles. The molecule has 0 radical (unpaired) electrons. The Morgan fingerprint density at radius 3 is 2.00 bits per heavy atom. The number of H-pyrrole nitrogens is 1. The third-order valence-electron chi connectivity index (χ3n) is 6.01. The number of benzene rings is 1. The van der Waals surface area contributed by atoms with E-state index in [0.717, 1.165) is 30.1 Å². The van der Waals surface area contributed by atoms with Crippen LogP contribution < -0.4 is 0 Å². The van der Waals surface area contributed by atoms with Gasteiger partial charge in [-0.15, -0.1) is 0 Å². The third kappa shape index (κ3) is 10.3. The summed E-state index contributed by atoms with van der Waals surface area (Å²) in [5, 5.41) is 0.